The summed E-state index contributed by atoms with van der Waals surface area (Å²) in [5.74, 6) is 0.0994. The number of carbonyl (C=O) groups is 2. The molecule has 1 saturated carbocycles. The van der Waals surface area contributed by atoms with Crippen LogP contribution in [-0.2, 0) is 9.53 Å². The first-order chi connectivity index (χ1) is 9.46. The molecule has 0 aliphatic heterocycles. The molecule has 0 unspecified atom stereocenters. The van der Waals surface area contributed by atoms with Crippen molar-refractivity contribution in [1.82, 2.24) is 0 Å². The summed E-state index contributed by atoms with van der Waals surface area (Å²) in [4.78, 5) is 23.5. The van der Waals surface area contributed by atoms with Gasteiger partial charge in [0.05, 0.1) is 19.1 Å². The number of carbonyl (C=O) groups excluding carboxylic acids is 2. The van der Waals surface area contributed by atoms with Crippen LogP contribution in [-0.4, -0.2) is 24.7 Å². The summed E-state index contributed by atoms with van der Waals surface area (Å²) < 4.78 is 4.72. The lowest BCUT2D eigenvalue weighted by molar-refractivity contribution is -0.141. The summed E-state index contributed by atoms with van der Waals surface area (Å²) in [5.41, 5.74) is 12.2. The van der Waals surface area contributed by atoms with Gasteiger partial charge in [-0.3, -0.25) is 9.59 Å². The van der Waals surface area contributed by atoms with Gasteiger partial charge in [0.1, 0.15) is 0 Å². The van der Waals surface area contributed by atoms with Gasteiger partial charge in [-0.2, -0.15) is 0 Å². The molecule has 1 aromatic rings. The van der Waals surface area contributed by atoms with E-state index in [9.17, 15) is 9.59 Å². The van der Waals surface area contributed by atoms with Gasteiger partial charge in [0.2, 0.25) is 5.91 Å². The van der Waals surface area contributed by atoms with E-state index in [0.717, 1.165) is 23.5 Å². The number of benzene rings is 1. The number of hydrogen-bond acceptors (Lipinski definition) is 5. The van der Waals surface area contributed by atoms with E-state index >= 15 is 0 Å². The van der Waals surface area contributed by atoms with Gasteiger partial charge in [-0.25, -0.2) is 0 Å². The minimum absolute atomic E-state index is 0.00270. The lowest BCUT2D eigenvalue weighted by atomic mass is 10.1. The molecule has 0 heterocycles. The third-order valence-electron chi connectivity index (χ3n) is 3.51. The second-order valence-electron chi connectivity index (χ2n) is 5.16. The molecule has 4 N–H and O–H groups in total. The number of ether oxygens (including phenoxy) is 1. The van der Waals surface area contributed by atoms with E-state index in [1.807, 2.05) is 0 Å². The van der Waals surface area contributed by atoms with Gasteiger partial charge < -0.3 is 16.2 Å². The first-order valence-corrected chi connectivity index (χ1v) is 7.33. The molecule has 1 fully saturated rings. The van der Waals surface area contributed by atoms with Gasteiger partial charge in [-0.05, 0) is 36.5 Å². The zero-order valence-electron chi connectivity index (χ0n) is 11.3. The van der Waals surface area contributed by atoms with Crippen LogP contribution < -0.4 is 11.5 Å². The summed E-state index contributed by atoms with van der Waals surface area (Å²) in [5, 5.41) is 0. The highest BCUT2D eigenvalue weighted by Crippen LogP contribution is 2.52. The van der Waals surface area contributed by atoms with Crippen LogP contribution in [0, 0.1) is 5.41 Å². The average Bonchev–Trinajstić information content (AvgIpc) is 3.16. The van der Waals surface area contributed by atoms with Gasteiger partial charge >= 0.3 is 5.97 Å². The number of primary amides is 1. The van der Waals surface area contributed by atoms with Crippen LogP contribution in [0.5, 0.6) is 0 Å². The quantitative estimate of drug-likeness (QED) is 0.474. The Labute approximate surface area is 122 Å². The second-order valence-corrected chi connectivity index (χ2v) is 6.18. The molecular weight excluding hydrogens is 276 g/mol. The average molecular weight is 294 g/mol. The molecule has 0 bridgehead atoms. The zero-order chi connectivity index (χ0) is 14.8. The number of nitrogen functional groups attached to an aromatic ring is 1. The molecule has 1 amide bonds. The van der Waals surface area contributed by atoms with E-state index in [0.29, 0.717) is 17.7 Å². The molecule has 6 heteroatoms. The Balaban J connectivity index is 2.06. The Morgan fingerprint density at radius 2 is 2.10 bits per heavy atom. The maximum atomic E-state index is 11.4. The van der Waals surface area contributed by atoms with Crippen molar-refractivity contribution >= 4 is 29.3 Å². The topological polar surface area (TPSA) is 95.4 Å². The third kappa shape index (κ3) is 3.45. The first-order valence-electron chi connectivity index (χ1n) is 6.35. The summed E-state index contributed by atoms with van der Waals surface area (Å²) in [6, 6.07) is 5.05. The van der Waals surface area contributed by atoms with Crippen molar-refractivity contribution in [3.63, 3.8) is 0 Å². The Bertz CT molecular complexity index is 541. The Kier molecular flexibility index (Phi) is 4.23. The van der Waals surface area contributed by atoms with E-state index in [1.54, 1.807) is 18.2 Å². The van der Waals surface area contributed by atoms with Crippen LogP contribution in [0.25, 0.3) is 0 Å². The lowest BCUT2D eigenvalue weighted by Crippen LogP contribution is -2.15. The summed E-state index contributed by atoms with van der Waals surface area (Å²) in [6.45, 7) is 0. The van der Waals surface area contributed by atoms with Crippen molar-refractivity contribution in [2.24, 2.45) is 11.1 Å². The largest absolute Gasteiger partial charge is 0.469 e. The monoisotopic (exact) mass is 294 g/mol. The molecule has 20 heavy (non-hydrogen) atoms. The molecule has 108 valence electrons. The van der Waals surface area contributed by atoms with Crippen LogP contribution in [0.3, 0.4) is 0 Å². The molecule has 0 saturated heterocycles. The number of esters is 1. The molecule has 0 atom stereocenters. The maximum absolute atomic E-state index is 11.4. The number of hydrogen-bond donors (Lipinski definition) is 2. The minimum Gasteiger partial charge on any atom is -0.469 e. The van der Waals surface area contributed by atoms with Gasteiger partial charge in [-0.15, -0.1) is 11.8 Å². The highest BCUT2D eigenvalue weighted by atomic mass is 32.2. The van der Waals surface area contributed by atoms with Crippen LogP contribution >= 0.6 is 11.8 Å². The summed E-state index contributed by atoms with van der Waals surface area (Å²) >= 11 is 1.52. The number of rotatable bonds is 6. The van der Waals surface area contributed by atoms with Crippen molar-refractivity contribution in [3.05, 3.63) is 23.8 Å². The normalized spacial score (nSPS) is 15.7. The highest BCUT2D eigenvalue weighted by Gasteiger charge is 2.44. The van der Waals surface area contributed by atoms with Crippen molar-refractivity contribution < 1.29 is 14.3 Å². The molecule has 1 aliphatic rings. The van der Waals surface area contributed by atoms with Crippen molar-refractivity contribution in [2.45, 2.75) is 24.2 Å². The van der Waals surface area contributed by atoms with Crippen molar-refractivity contribution in [1.29, 1.82) is 0 Å². The van der Waals surface area contributed by atoms with Crippen LogP contribution in [0.2, 0.25) is 0 Å². The molecule has 0 aromatic heterocycles. The number of methoxy groups -OCH3 is 1. The predicted molar refractivity (Wildman–Crippen MR) is 78.4 cm³/mol. The standard InChI is InChI=1S/C14H18N2O3S/c1-19-12(17)7-14(4-5-14)8-20-11-6-9(15)2-3-10(11)13(16)18/h2-3,6H,4-5,7-8,15H2,1H3,(H2,16,18). The van der Waals surface area contributed by atoms with Crippen molar-refractivity contribution in [2.75, 3.05) is 18.6 Å². The lowest BCUT2D eigenvalue weighted by Gasteiger charge is -2.14. The van der Waals surface area contributed by atoms with Gasteiger partial charge in [-0.1, -0.05) is 0 Å². The zero-order valence-corrected chi connectivity index (χ0v) is 12.2. The van der Waals surface area contributed by atoms with Gasteiger partial charge in [0.25, 0.3) is 0 Å². The SMILES string of the molecule is COC(=O)CC1(CSc2cc(N)ccc2C(N)=O)CC1. The fourth-order valence-corrected chi connectivity index (χ4v) is 3.42. The number of amides is 1. The molecular formula is C14H18N2O3S. The molecule has 2 rings (SSSR count). The third-order valence-corrected chi connectivity index (χ3v) is 4.91. The van der Waals surface area contributed by atoms with E-state index in [1.165, 1.54) is 18.9 Å². The molecule has 0 spiro atoms. The van der Waals surface area contributed by atoms with E-state index in [4.69, 9.17) is 16.2 Å². The summed E-state index contributed by atoms with van der Waals surface area (Å²) in [6.07, 6.45) is 2.43. The smallest absolute Gasteiger partial charge is 0.306 e. The van der Waals surface area contributed by atoms with Gasteiger partial charge in [0, 0.05) is 16.3 Å². The van der Waals surface area contributed by atoms with Crippen LogP contribution in [0.4, 0.5) is 5.69 Å². The summed E-state index contributed by atoms with van der Waals surface area (Å²) in [7, 11) is 1.40. The minimum atomic E-state index is -0.467. The Morgan fingerprint density at radius 3 is 2.65 bits per heavy atom. The molecule has 0 radical (unpaired) electrons. The predicted octanol–water partition coefficient (Wildman–Crippen LogP) is 1.80. The molecule has 5 nitrogen and oxygen atoms in total. The fraction of sp³-hybridized carbons (Fsp3) is 0.429. The van der Waals surface area contributed by atoms with E-state index in [2.05, 4.69) is 0 Å². The second kappa shape index (κ2) is 5.75. The van der Waals surface area contributed by atoms with E-state index < -0.39 is 5.91 Å². The number of anilines is 1. The van der Waals surface area contributed by atoms with Crippen LogP contribution in [0.15, 0.2) is 23.1 Å². The first kappa shape index (κ1) is 14.7. The highest BCUT2D eigenvalue weighted by molar-refractivity contribution is 7.99. The van der Waals surface area contributed by atoms with Crippen molar-refractivity contribution in [3.8, 4) is 0 Å². The molecule has 1 aliphatic carbocycles. The molecule has 1 aromatic carbocycles. The Morgan fingerprint density at radius 1 is 1.40 bits per heavy atom. The number of thioether (sulfide) groups is 1. The van der Waals surface area contributed by atoms with Crippen LogP contribution in [0.1, 0.15) is 29.6 Å². The fourth-order valence-electron chi connectivity index (χ4n) is 2.02. The van der Waals surface area contributed by atoms with E-state index in [-0.39, 0.29) is 11.4 Å². The number of nitrogens with two attached hydrogens (primary N) is 2. The Hall–Kier alpha value is -1.69. The maximum Gasteiger partial charge on any atom is 0.306 e. The van der Waals surface area contributed by atoms with Gasteiger partial charge in [0.15, 0.2) is 0 Å².